The molecule has 1 heterocycles. The number of aryl methyl sites for hydroxylation is 1. The summed E-state index contributed by atoms with van der Waals surface area (Å²) >= 11 is 0. The van der Waals surface area contributed by atoms with Crippen LogP contribution < -0.4 is 5.32 Å². The van der Waals surface area contributed by atoms with Crippen LogP contribution >= 0.6 is 0 Å². The first kappa shape index (κ1) is 19.2. The van der Waals surface area contributed by atoms with Gasteiger partial charge in [-0.05, 0) is 74.9 Å². The Morgan fingerprint density at radius 2 is 1.81 bits per heavy atom. The summed E-state index contributed by atoms with van der Waals surface area (Å²) in [6.07, 6.45) is 4.27. The second-order valence-corrected chi connectivity index (χ2v) is 7.34. The molecular formula is C23H28N2O2. The van der Waals surface area contributed by atoms with E-state index in [1.165, 1.54) is 6.42 Å². The summed E-state index contributed by atoms with van der Waals surface area (Å²) in [6.45, 7) is 6.94. The molecule has 0 aromatic heterocycles. The highest BCUT2D eigenvalue weighted by atomic mass is 16.2. The largest absolute Gasteiger partial charge is 0.336 e. The molecule has 1 fully saturated rings. The maximum Gasteiger partial charge on any atom is 0.255 e. The van der Waals surface area contributed by atoms with Crippen LogP contribution in [0.15, 0.2) is 42.5 Å². The lowest BCUT2D eigenvalue weighted by molar-refractivity contribution is 0.0608. The van der Waals surface area contributed by atoms with Gasteiger partial charge in [0.25, 0.3) is 11.8 Å². The summed E-state index contributed by atoms with van der Waals surface area (Å²) in [7, 11) is 0. The quantitative estimate of drug-likeness (QED) is 0.833. The van der Waals surface area contributed by atoms with E-state index >= 15 is 0 Å². The van der Waals surface area contributed by atoms with Gasteiger partial charge >= 0.3 is 0 Å². The van der Waals surface area contributed by atoms with Crippen LogP contribution in [0.1, 0.15) is 64.4 Å². The third kappa shape index (κ3) is 4.21. The highest BCUT2D eigenvalue weighted by Crippen LogP contribution is 2.23. The Labute approximate surface area is 161 Å². The fourth-order valence-electron chi connectivity index (χ4n) is 3.73. The van der Waals surface area contributed by atoms with Crippen molar-refractivity contribution in [2.45, 2.75) is 52.5 Å². The summed E-state index contributed by atoms with van der Waals surface area (Å²) in [6, 6.07) is 13.2. The zero-order chi connectivity index (χ0) is 19.4. The van der Waals surface area contributed by atoms with Crippen molar-refractivity contribution in [3.63, 3.8) is 0 Å². The molecule has 1 atom stereocenters. The summed E-state index contributed by atoms with van der Waals surface area (Å²) < 4.78 is 0. The molecule has 2 aromatic rings. The molecule has 0 radical (unpaired) electrons. The molecule has 4 heteroatoms. The van der Waals surface area contributed by atoms with Crippen LogP contribution in [0, 0.1) is 13.8 Å². The van der Waals surface area contributed by atoms with Crippen LogP contribution in [0.5, 0.6) is 0 Å². The average molecular weight is 364 g/mol. The number of nitrogens with one attached hydrogen (secondary N) is 1. The number of nitrogens with zero attached hydrogens (tertiary/aromatic N) is 1. The van der Waals surface area contributed by atoms with Gasteiger partial charge in [0.15, 0.2) is 0 Å². The predicted molar refractivity (Wildman–Crippen MR) is 109 cm³/mol. The van der Waals surface area contributed by atoms with E-state index in [0.717, 1.165) is 42.6 Å². The number of amides is 2. The zero-order valence-corrected chi connectivity index (χ0v) is 16.4. The molecule has 142 valence electrons. The molecule has 1 unspecified atom stereocenters. The number of likely N-dealkylation sites (tertiary alicyclic amines) is 1. The molecule has 1 saturated heterocycles. The van der Waals surface area contributed by atoms with E-state index in [-0.39, 0.29) is 11.8 Å². The van der Waals surface area contributed by atoms with Crippen molar-refractivity contribution in [3.05, 3.63) is 64.7 Å². The monoisotopic (exact) mass is 364 g/mol. The number of hydrogen-bond donors (Lipinski definition) is 1. The fourth-order valence-corrected chi connectivity index (χ4v) is 3.73. The van der Waals surface area contributed by atoms with E-state index < -0.39 is 0 Å². The number of rotatable bonds is 4. The van der Waals surface area contributed by atoms with Gasteiger partial charge in [-0.15, -0.1) is 0 Å². The smallest absolute Gasteiger partial charge is 0.255 e. The first-order chi connectivity index (χ1) is 13.0. The van der Waals surface area contributed by atoms with Crippen LogP contribution in [0.3, 0.4) is 0 Å². The number of carbonyl (C=O) groups is 2. The first-order valence-electron chi connectivity index (χ1n) is 9.80. The second-order valence-electron chi connectivity index (χ2n) is 7.34. The van der Waals surface area contributed by atoms with E-state index in [0.29, 0.717) is 17.2 Å². The topological polar surface area (TPSA) is 49.4 Å². The Bertz CT molecular complexity index is 844. The first-order valence-corrected chi connectivity index (χ1v) is 9.80. The molecule has 0 bridgehead atoms. The Morgan fingerprint density at radius 3 is 2.59 bits per heavy atom. The van der Waals surface area contributed by atoms with Gasteiger partial charge in [0.05, 0.1) is 0 Å². The van der Waals surface area contributed by atoms with E-state index in [2.05, 4.69) is 12.2 Å². The summed E-state index contributed by atoms with van der Waals surface area (Å²) in [5.41, 5.74) is 4.08. The highest BCUT2D eigenvalue weighted by Gasteiger charge is 2.26. The minimum absolute atomic E-state index is 0.0305. The molecule has 1 aliphatic rings. The molecular weight excluding hydrogens is 336 g/mol. The molecule has 4 nitrogen and oxygen atoms in total. The molecule has 27 heavy (non-hydrogen) atoms. The van der Waals surface area contributed by atoms with Crippen molar-refractivity contribution in [3.8, 4) is 0 Å². The maximum atomic E-state index is 13.0. The second kappa shape index (κ2) is 8.38. The van der Waals surface area contributed by atoms with E-state index in [9.17, 15) is 9.59 Å². The van der Waals surface area contributed by atoms with E-state index in [4.69, 9.17) is 0 Å². The van der Waals surface area contributed by atoms with Gasteiger partial charge in [-0.3, -0.25) is 9.59 Å². The SMILES string of the molecule is CCC1CCCCN1C(=O)c1cccc(C(=O)Nc2cccc(C)c2C)c1. The van der Waals surface area contributed by atoms with Crippen LogP contribution in [0.2, 0.25) is 0 Å². The number of carbonyl (C=O) groups excluding carboxylic acids is 2. The van der Waals surface area contributed by atoms with Crippen molar-refractivity contribution < 1.29 is 9.59 Å². The fraction of sp³-hybridized carbons (Fsp3) is 0.391. The predicted octanol–water partition coefficient (Wildman–Crippen LogP) is 4.96. The van der Waals surface area contributed by atoms with Gasteiger partial charge in [0.2, 0.25) is 0 Å². The average Bonchev–Trinajstić information content (AvgIpc) is 2.71. The Balaban J connectivity index is 1.79. The van der Waals surface area contributed by atoms with Gasteiger partial charge in [-0.25, -0.2) is 0 Å². The molecule has 0 aliphatic carbocycles. The molecule has 0 saturated carbocycles. The third-order valence-corrected chi connectivity index (χ3v) is 5.58. The number of hydrogen-bond acceptors (Lipinski definition) is 2. The molecule has 2 aromatic carbocycles. The van der Waals surface area contributed by atoms with E-state index in [1.54, 1.807) is 24.3 Å². The number of anilines is 1. The van der Waals surface area contributed by atoms with Crippen LogP contribution in [0.25, 0.3) is 0 Å². The normalized spacial score (nSPS) is 16.9. The van der Waals surface area contributed by atoms with Gasteiger partial charge < -0.3 is 10.2 Å². The summed E-state index contributed by atoms with van der Waals surface area (Å²) in [4.78, 5) is 27.7. The van der Waals surface area contributed by atoms with Crippen molar-refractivity contribution >= 4 is 17.5 Å². The Kier molecular flexibility index (Phi) is 5.94. The lowest BCUT2D eigenvalue weighted by Gasteiger charge is -2.35. The molecule has 1 N–H and O–H groups in total. The molecule has 1 aliphatic heterocycles. The van der Waals surface area contributed by atoms with Crippen molar-refractivity contribution in [1.82, 2.24) is 4.90 Å². The maximum absolute atomic E-state index is 13.0. The van der Waals surface area contributed by atoms with Crippen molar-refractivity contribution in [2.75, 3.05) is 11.9 Å². The van der Waals surface area contributed by atoms with Gasteiger partial charge in [-0.2, -0.15) is 0 Å². The van der Waals surface area contributed by atoms with Gasteiger partial charge in [0, 0.05) is 29.4 Å². The third-order valence-electron chi connectivity index (χ3n) is 5.58. The standard InChI is InChI=1S/C23H28N2O2/c1-4-20-12-5-6-14-25(20)23(27)19-11-8-10-18(15-19)22(26)24-21-13-7-9-16(2)17(21)3/h7-11,13,15,20H,4-6,12,14H2,1-3H3,(H,24,26). The van der Waals surface area contributed by atoms with Gasteiger partial charge in [0.1, 0.15) is 0 Å². The number of piperidine rings is 1. The lowest BCUT2D eigenvalue weighted by atomic mass is 9.98. The highest BCUT2D eigenvalue weighted by molar-refractivity contribution is 6.06. The molecule has 0 spiro atoms. The van der Waals surface area contributed by atoms with Crippen molar-refractivity contribution in [1.29, 1.82) is 0 Å². The summed E-state index contributed by atoms with van der Waals surface area (Å²) in [5, 5.41) is 2.97. The number of benzene rings is 2. The minimum Gasteiger partial charge on any atom is -0.336 e. The minimum atomic E-state index is -0.191. The van der Waals surface area contributed by atoms with Crippen LogP contribution in [0.4, 0.5) is 5.69 Å². The lowest BCUT2D eigenvalue weighted by Crippen LogP contribution is -2.43. The molecule has 3 rings (SSSR count). The Morgan fingerprint density at radius 1 is 1.07 bits per heavy atom. The van der Waals surface area contributed by atoms with Crippen LogP contribution in [-0.4, -0.2) is 29.3 Å². The molecule has 2 amide bonds. The van der Waals surface area contributed by atoms with Crippen molar-refractivity contribution in [2.24, 2.45) is 0 Å². The van der Waals surface area contributed by atoms with Crippen LogP contribution in [-0.2, 0) is 0 Å². The summed E-state index contributed by atoms with van der Waals surface area (Å²) in [5.74, 6) is -0.160. The zero-order valence-electron chi connectivity index (χ0n) is 16.4. The van der Waals surface area contributed by atoms with E-state index in [1.807, 2.05) is 36.9 Å². The van der Waals surface area contributed by atoms with Gasteiger partial charge in [-0.1, -0.05) is 25.1 Å². The Hall–Kier alpha value is -2.62.